The normalized spacial score (nSPS) is 19.8. The fourth-order valence-electron chi connectivity index (χ4n) is 2.69. The molecular weight excluding hydrogens is 256 g/mol. The highest BCUT2D eigenvalue weighted by atomic mass is 32.1. The van der Waals surface area contributed by atoms with Gasteiger partial charge in [0, 0.05) is 24.5 Å². The zero-order chi connectivity index (χ0) is 13.2. The molecule has 3 rings (SSSR count). The summed E-state index contributed by atoms with van der Waals surface area (Å²) in [5, 5.41) is 4.67. The Bertz CT molecular complexity index is 560. The smallest absolute Gasteiger partial charge is 0.140 e. The molecule has 0 radical (unpaired) electrons. The van der Waals surface area contributed by atoms with Crippen molar-refractivity contribution in [1.29, 1.82) is 0 Å². The number of piperidine rings is 1. The van der Waals surface area contributed by atoms with Gasteiger partial charge in [-0.3, -0.25) is 0 Å². The van der Waals surface area contributed by atoms with E-state index in [9.17, 15) is 0 Å². The van der Waals surface area contributed by atoms with Crippen LogP contribution in [-0.4, -0.2) is 36.1 Å². The lowest BCUT2D eigenvalue weighted by Crippen LogP contribution is -2.44. The summed E-state index contributed by atoms with van der Waals surface area (Å²) in [4.78, 5) is 13.7. The molecule has 3 heterocycles. The van der Waals surface area contributed by atoms with E-state index in [4.69, 9.17) is 0 Å². The molecule has 0 amide bonds. The van der Waals surface area contributed by atoms with Crippen LogP contribution >= 0.6 is 11.3 Å². The average molecular weight is 276 g/mol. The molecule has 2 aromatic heterocycles. The first-order valence-electron chi connectivity index (χ1n) is 6.96. The first-order chi connectivity index (χ1) is 9.29. The maximum atomic E-state index is 4.52. The first-order valence-corrected chi connectivity index (χ1v) is 7.78. The van der Waals surface area contributed by atoms with Crippen molar-refractivity contribution >= 4 is 27.4 Å². The number of anilines is 1. The minimum absolute atomic E-state index is 0.539. The molecule has 2 aromatic rings. The van der Waals surface area contributed by atoms with Crippen LogP contribution in [0.15, 0.2) is 12.4 Å². The number of fused-ring (bicyclic) bond motifs is 1. The van der Waals surface area contributed by atoms with Gasteiger partial charge >= 0.3 is 0 Å². The van der Waals surface area contributed by atoms with E-state index in [0.717, 1.165) is 30.2 Å². The van der Waals surface area contributed by atoms with Crippen LogP contribution in [0, 0.1) is 0 Å². The van der Waals surface area contributed by atoms with Gasteiger partial charge in [0.05, 0.1) is 5.39 Å². The number of nitrogens with zero attached hydrogens (tertiary/aromatic N) is 3. The van der Waals surface area contributed by atoms with Gasteiger partial charge in [-0.15, -0.1) is 11.3 Å². The van der Waals surface area contributed by atoms with Crippen molar-refractivity contribution in [3.8, 4) is 0 Å². The number of aryl methyl sites for hydroxylation is 1. The molecule has 1 aliphatic rings. The summed E-state index contributed by atoms with van der Waals surface area (Å²) >= 11 is 1.78. The molecule has 4 nitrogen and oxygen atoms in total. The SMILES string of the molecule is CCc1cc2c(N(C)C3CCCNC3)ncnc2s1. The fourth-order valence-corrected chi connectivity index (χ4v) is 3.61. The van der Waals surface area contributed by atoms with Crippen LogP contribution in [0.3, 0.4) is 0 Å². The molecule has 1 atom stereocenters. The lowest BCUT2D eigenvalue weighted by molar-refractivity contribution is 0.444. The van der Waals surface area contributed by atoms with Gasteiger partial charge in [-0.25, -0.2) is 9.97 Å². The van der Waals surface area contributed by atoms with Crippen LogP contribution < -0.4 is 10.2 Å². The highest BCUT2D eigenvalue weighted by Gasteiger charge is 2.21. The van der Waals surface area contributed by atoms with Crippen LogP contribution in [0.25, 0.3) is 10.2 Å². The summed E-state index contributed by atoms with van der Waals surface area (Å²) in [7, 11) is 2.16. The summed E-state index contributed by atoms with van der Waals surface area (Å²) in [6.45, 7) is 4.38. The van der Waals surface area contributed by atoms with E-state index in [-0.39, 0.29) is 0 Å². The molecule has 0 spiro atoms. The van der Waals surface area contributed by atoms with E-state index < -0.39 is 0 Å². The number of thiophene rings is 1. The molecule has 5 heteroatoms. The van der Waals surface area contributed by atoms with Crippen molar-refractivity contribution in [1.82, 2.24) is 15.3 Å². The van der Waals surface area contributed by atoms with E-state index >= 15 is 0 Å². The molecule has 102 valence electrons. The van der Waals surface area contributed by atoms with Gasteiger partial charge in [-0.2, -0.15) is 0 Å². The molecule has 0 saturated carbocycles. The number of likely N-dealkylation sites (N-methyl/N-ethyl adjacent to an activating group) is 1. The Hall–Kier alpha value is -1.20. The zero-order valence-corrected chi connectivity index (χ0v) is 12.3. The Morgan fingerprint density at radius 1 is 1.47 bits per heavy atom. The second kappa shape index (κ2) is 5.43. The van der Waals surface area contributed by atoms with Gasteiger partial charge in [0.1, 0.15) is 17.0 Å². The minimum atomic E-state index is 0.539. The van der Waals surface area contributed by atoms with Gasteiger partial charge in [0.2, 0.25) is 0 Å². The Morgan fingerprint density at radius 2 is 2.37 bits per heavy atom. The quantitative estimate of drug-likeness (QED) is 0.935. The summed E-state index contributed by atoms with van der Waals surface area (Å²) in [5.74, 6) is 1.08. The standard InChI is InChI=1S/C14H20N4S/c1-3-11-7-12-13(16-9-17-14(12)19-11)18(2)10-5-4-6-15-8-10/h7,9-10,15H,3-6,8H2,1-2H3. The number of hydrogen-bond donors (Lipinski definition) is 1. The minimum Gasteiger partial charge on any atom is -0.355 e. The van der Waals surface area contributed by atoms with Crippen molar-refractivity contribution in [2.75, 3.05) is 25.0 Å². The molecule has 1 unspecified atom stereocenters. The largest absolute Gasteiger partial charge is 0.355 e. The second-order valence-corrected chi connectivity index (χ2v) is 6.21. The molecule has 19 heavy (non-hydrogen) atoms. The fraction of sp³-hybridized carbons (Fsp3) is 0.571. The molecule has 1 fully saturated rings. The molecule has 0 aromatic carbocycles. The van der Waals surface area contributed by atoms with E-state index in [1.165, 1.54) is 23.1 Å². The molecule has 1 saturated heterocycles. The number of rotatable bonds is 3. The van der Waals surface area contributed by atoms with Crippen molar-refractivity contribution in [2.45, 2.75) is 32.2 Å². The number of nitrogens with one attached hydrogen (secondary N) is 1. The van der Waals surface area contributed by atoms with Crippen LogP contribution in [0.2, 0.25) is 0 Å². The monoisotopic (exact) mass is 276 g/mol. The Kier molecular flexibility index (Phi) is 3.66. The third kappa shape index (κ3) is 2.44. The number of aromatic nitrogens is 2. The summed E-state index contributed by atoms with van der Waals surface area (Å²) in [5.41, 5.74) is 0. The third-order valence-corrected chi connectivity index (χ3v) is 5.05. The Morgan fingerprint density at radius 3 is 3.11 bits per heavy atom. The molecule has 0 aliphatic carbocycles. The Balaban J connectivity index is 1.96. The molecule has 1 N–H and O–H groups in total. The summed E-state index contributed by atoms with van der Waals surface area (Å²) < 4.78 is 0. The number of hydrogen-bond acceptors (Lipinski definition) is 5. The molecule has 1 aliphatic heterocycles. The maximum Gasteiger partial charge on any atom is 0.140 e. The van der Waals surface area contributed by atoms with Crippen molar-refractivity contribution < 1.29 is 0 Å². The van der Waals surface area contributed by atoms with Crippen LogP contribution in [0.4, 0.5) is 5.82 Å². The lowest BCUT2D eigenvalue weighted by Gasteiger charge is -2.32. The third-order valence-electron chi connectivity index (χ3n) is 3.86. The Labute approximate surface area is 117 Å². The topological polar surface area (TPSA) is 41.0 Å². The summed E-state index contributed by atoms with van der Waals surface area (Å²) in [6, 6.07) is 2.79. The predicted octanol–water partition coefficient (Wildman–Crippen LogP) is 2.44. The second-order valence-electron chi connectivity index (χ2n) is 5.09. The van der Waals surface area contributed by atoms with Crippen molar-refractivity contribution in [2.24, 2.45) is 0 Å². The first kappa shape index (κ1) is 12.8. The van der Waals surface area contributed by atoms with Crippen LogP contribution in [-0.2, 0) is 6.42 Å². The maximum absolute atomic E-state index is 4.52. The van der Waals surface area contributed by atoms with E-state index in [2.05, 4.69) is 40.2 Å². The van der Waals surface area contributed by atoms with E-state index in [0.29, 0.717) is 6.04 Å². The van der Waals surface area contributed by atoms with Gasteiger partial charge < -0.3 is 10.2 Å². The van der Waals surface area contributed by atoms with Crippen molar-refractivity contribution in [3.05, 3.63) is 17.3 Å². The van der Waals surface area contributed by atoms with Crippen molar-refractivity contribution in [3.63, 3.8) is 0 Å². The summed E-state index contributed by atoms with van der Waals surface area (Å²) in [6.07, 6.45) is 5.24. The van der Waals surface area contributed by atoms with Gasteiger partial charge in [-0.05, 0) is 31.9 Å². The van der Waals surface area contributed by atoms with Gasteiger partial charge in [0.25, 0.3) is 0 Å². The van der Waals surface area contributed by atoms with Gasteiger partial charge in [0.15, 0.2) is 0 Å². The molecular formula is C14H20N4S. The van der Waals surface area contributed by atoms with E-state index in [1.54, 1.807) is 17.7 Å². The average Bonchev–Trinajstić information content (AvgIpc) is 2.90. The predicted molar refractivity (Wildman–Crippen MR) is 81.1 cm³/mol. The highest BCUT2D eigenvalue weighted by Crippen LogP contribution is 2.31. The van der Waals surface area contributed by atoms with E-state index in [1.807, 2.05) is 0 Å². The highest BCUT2D eigenvalue weighted by molar-refractivity contribution is 7.18. The molecule has 0 bridgehead atoms. The lowest BCUT2D eigenvalue weighted by atomic mass is 10.1. The van der Waals surface area contributed by atoms with Gasteiger partial charge in [-0.1, -0.05) is 6.92 Å². The van der Waals surface area contributed by atoms with Crippen LogP contribution in [0.5, 0.6) is 0 Å². The zero-order valence-electron chi connectivity index (χ0n) is 11.5. The van der Waals surface area contributed by atoms with Crippen LogP contribution in [0.1, 0.15) is 24.6 Å².